The Hall–Kier alpha value is -1.22. The Labute approximate surface area is 118 Å². The van der Waals surface area contributed by atoms with Gasteiger partial charge in [0.2, 0.25) is 10.0 Å². The molecule has 7 nitrogen and oxygen atoms in total. The number of nitrogens with zero attached hydrogens (tertiary/aromatic N) is 2. The zero-order valence-corrected chi connectivity index (χ0v) is 12.0. The maximum Gasteiger partial charge on any atom is 0.243 e. The first kappa shape index (κ1) is 15.2. The number of hydrazine groups is 1. The molecule has 0 aromatic carbocycles. The molecular formula is C12H20N4O3S. The minimum absolute atomic E-state index is 0.0923. The number of nitrogens with two attached hydrogens (primary N) is 1. The molecule has 1 saturated heterocycles. The number of hydrogen-bond acceptors (Lipinski definition) is 6. The van der Waals surface area contributed by atoms with Gasteiger partial charge < -0.3 is 10.5 Å². The van der Waals surface area contributed by atoms with Crippen LogP contribution in [-0.4, -0.2) is 42.5 Å². The van der Waals surface area contributed by atoms with Crippen molar-refractivity contribution in [3.05, 3.63) is 18.3 Å². The third-order valence-corrected chi connectivity index (χ3v) is 5.40. The molecule has 1 aromatic heterocycles. The third-order valence-electron chi connectivity index (χ3n) is 3.54. The van der Waals surface area contributed by atoms with Gasteiger partial charge in [0, 0.05) is 32.0 Å². The number of aliphatic hydroxyl groups is 1. The summed E-state index contributed by atoms with van der Waals surface area (Å²) in [7, 11) is -3.53. The number of pyridine rings is 1. The van der Waals surface area contributed by atoms with Crippen LogP contribution in [0.4, 0.5) is 5.82 Å². The van der Waals surface area contributed by atoms with E-state index in [1.807, 2.05) is 0 Å². The summed E-state index contributed by atoms with van der Waals surface area (Å²) in [5.74, 6) is 5.79. The summed E-state index contributed by atoms with van der Waals surface area (Å²) < 4.78 is 26.6. The second-order valence-electron chi connectivity index (χ2n) is 4.90. The Morgan fingerprint density at radius 3 is 3.05 bits per heavy atom. The summed E-state index contributed by atoms with van der Waals surface area (Å²) in [4.78, 5) is 4.09. The lowest BCUT2D eigenvalue weighted by molar-refractivity contribution is 0.203. The van der Waals surface area contributed by atoms with Crippen molar-refractivity contribution in [2.24, 2.45) is 11.8 Å². The minimum atomic E-state index is -3.53. The van der Waals surface area contributed by atoms with E-state index in [1.54, 1.807) is 0 Å². The molecule has 20 heavy (non-hydrogen) atoms. The van der Waals surface area contributed by atoms with Gasteiger partial charge in [0.15, 0.2) is 0 Å². The Morgan fingerprint density at radius 2 is 2.35 bits per heavy atom. The van der Waals surface area contributed by atoms with Crippen molar-refractivity contribution >= 4 is 15.8 Å². The van der Waals surface area contributed by atoms with Gasteiger partial charge in [-0.1, -0.05) is 0 Å². The fourth-order valence-electron chi connectivity index (χ4n) is 2.46. The molecule has 1 aromatic rings. The molecule has 1 aliphatic heterocycles. The summed E-state index contributed by atoms with van der Waals surface area (Å²) in [6.45, 7) is 1.06. The van der Waals surface area contributed by atoms with Crippen LogP contribution in [0.25, 0.3) is 0 Å². The van der Waals surface area contributed by atoms with Crippen molar-refractivity contribution in [3.8, 4) is 0 Å². The van der Waals surface area contributed by atoms with E-state index in [9.17, 15) is 8.42 Å². The number of piperidine rings is 1. The molecule has 0 bridgehead atoms. The number of anilines is 1. The lowest BCUT2D eigenvalue weighted by atomic mass is 9.97. The first-order chi connectivity index (χ1) is 9.57. The standard InChI is InChI=1S/C12H20N4O3S/c13-15-12-8-11(3-5-14-12)20(18,19)16-6-1-2-10(9-16)4-7-17/h3,5,8,10,17H,1-2,4,6-7,9,13H2,(H,14,15). The molecule has 1 aliphatic rings. The molecule has 1 fully saturated rings. The normalized spacial score (nSPS) is 20.8. The average molecular weight is 300 g/mol. The highest BCUT2D eigenvalue weighted by molar-refractivity contribution is 7.89. The van der Waals surface area contributed by atoms with Crippen LogP contribution in [0.3, 0.4) is 0 Å². The van der Waals surface area contributed by atoms with Gasteiger partial charge in [-0.3, -0.25) is 0 Å². The van der Waals surface area contributed by atoms with Gasteiger partial charge in [0.1, 0.15) is 5.82 Å². The van der Waals surface area contributed by atoms with E-state index in [1.165, 1.54) is 22.6 Å². The third kappa shape index (κ3) is 3.26. The second kappa shape index (κ2) is 6.49. The van der Waals surface area contributed by atoms with E-state index in [-0.39, 0.29) is 17.4 Å². The number of nitrogens with one attached hydrogen (secondary N) is 1. The predicted octanol–water partition coefficient (Wildman–Crippen LogP) is 0.150. The second-order valence-corrected chi connectivity index (χ2v) is 6.84. The SMILES string of the molecule is NNc1cc(S(=O)(=O)N2CCCC(CCO)C2)ccn1. The molecule has 0 spiro atoms. The van der Waals surface area contributed by atoms with Gasteiger partial charge in [-0.25, -0.2) is 19.2 Å². The molecule has 2 rings (SSSR count). The van der Waals surface area contributed by atoms with Crippen LogP contribution in [0.5, 0.6) is 0 Å². The zero-order chi connectivity index (χ0) is 14.6. The van der Waals surface area contributed by atoms with Crippen LogP contribution in [0.1, 0.15) is 19.3 Å². The summed E-state index contributed by atoms with van der Waals surface area (Å²) >= 11 is 0. The van der Waals surface area contributed by atoms with Gasteiger partial charge in [0.05, 0.1) is 4.90 Å². The van der Waals surface area contributed by atoms with Crippen LogP contribution in [0, 0.1) is 5.92 Å². The highest BCUT2D eigenvalue weighted by Gasteiger charge is 2.30. The number of sulfonamides is 1. The molecule has 0 amide bonds. The topological polar surface area (TPSA) is 109 Å². The van der Waals surface area contributed by atoms with Gasteiger partial charge in [-0.05, 0) is 31.2 Å². The minimum Gasteiger partial charge on any atom is -0.396 e. The monoisotopic (exact) mass is 300 g/mol. The first-order valence-electron chi connectivity index (χ1n) is 6.61. The van der Waals surface area contributed by atoms with E-state index < -0.39 is 10.0 Å². The summed E-state index contributed by atoms with van der Waals surface area (Å²) in [5.41, 5.74) is 2.34. The van der Waals surface area contributed by atoms with E-state index in [2.05, 4.69) is 10.4 Å². The predicted molar refractivity (Wildman–Crippen MR) is 75.2 cm³/mol. The van der Waals surface area contributed by atoms with Crippen LogP contribution in [-0.2, 0) is 10.0 Å². The number of nitrogen functional groups attached to an aromatic ring is 1. The molecule has 2 heterocycles. The smallest absolute Gasteiger partial charge is 0.243 e. The Bertz CT molecular complexity index is 547. The molecule has 0 saturated carbocycles. The Kier molecular flexibility index (Phi) is 4.92. The number of aromatic nitrogens is 1. The van der Waals surface area contributed by atoms with Gasteiger partial charge >= 0.3 is 0 Å². The first-order valence-corrected chi connectivity index (χ1v) is 8.05. The molecule has 1 unspecified atom stereocenters. The van der Waals surface area contributed by atoms with Crippen molar-refractivity contribution < 1.29 is 13.5 Å². The van der Waals surface area contributed by atoms with E-state index >= 15 is 0 Å². The lowest BCUT2D eigenvalue weighted by Crippen LogP contribution is -2.40. The van der Waals surface area contributed by atoms with Crippen LogP contribution in [0.15, 0.2) is 23.2 Å². The largest absolute Gasteiger partial charge is 0.396 e. The summed E-state index contributed by atoms with van der Waals surface area (Å²) in [6, 6.07) is 2.89. The van der Waals surface area contributed by atoms with E-state index in [0.29, 0.717) is 25.3 Å². The van der Waals surface area contributed by atoms with Crippen molar-refractivity contribution in [3.63, 3.8) is 0 Å². The zero-order valence-electron chi connectivity index (χ0n) is 11.2. The molecule has 1 atom stereocenters. The van der Waals surface area contributed by atoms with Gasteiger partial charge in [-0.15, -0.1) is 0 Å². The van der Waals surface area contributed by atoms with Gasteiger partial charge in [0.25, 0.3) is 0 Å². The van der Waals surface area contributed by atoms with Gasteiger partial charge in [-0.2, -0.15) is 4.31 Å². The fraction of sp³-hybridized carbons (Fsp3) is 0.583. The molecule has 112 valence electrons. The molecular weight excluding hydrogens is 280 g/mol. The maximum absolute atomic E-state index is 12.6. The van der Waals surface area contributed by atoms with Crippen LogP contribution >= 0.6 is 0 Å². The van der Waals surface area contributed by atoms with Crippen molar-refractivity contribution in [2.75, 3.05) is 25.1 Å². The van der Waals surface area contributed by atoms with Crippen LogP contribution in [0.2, 0.25) is 0 Å². The molecule has 0 radical (unpaired) electrons. The lowest BCUT2D eigenvalue weighted by Gasteiger charge is -2.31. The Morgan fingerprint density at radius 1 is 1.55 bits per heavy atom. The highest BCUT2D eigenvalue weighted by atomic mass is 32.2. The quantitative estimate of drug-likeness (QED) is 0.527. The molecule has 0 aliphatic carbocycles. The van der Waals surface area contributed by atoms with E-state index in [4.69, 9.17) is 10.9 Å². The fourth-order valence-corrected chi connectivity index (χ4v) is 4.03. The van der Waals surface area contributed by atoms with Crippen molar-refractivity contribution in [2.45, 2.75) is 24.2 Å². The summed E-state index contributed by atoms with van der Waals surface area (Å²) in [6.07, 6.45) is 3.82. The van der Waals surface area contributed by atoms with E-state index in [0.717, 1.165) is 12.8 Å². The molecule has 4 N–H and O–H groups in total. The highest BCUT2D eigenvalue weighted by Crippen LogP contribution is 2.25. The average Bonchev–Trinajstić information content (AvgIpc) is 2.48. The van der Waals surface area contributed by atoms with Crippen LogP contribution < -0.4 is 11.3 Å². The molecule has 8 heteroatoms. The van der Waals surface area contributed by atoms with Crippen molar-refractivity contribution in [1.29, 1.82) is 0 Å². The number of aliphatic hydroxyl groups excluding tert-OH is 1. The number of rotatable bonds is 5. The van der Waals surface area contributed by atoms with Crippen molar-refractivity contribution in [1.82, 2.24) is 9.29 Å². The summed E-state index contributed by atoms with van der Waals surface area (Å²) in [5, 5.41) is 8.99. The Balaban J connectivity index is 2.20. The number of hydrogen-bond donors (Lipinski definition) is 3. The maximum atomic E-state index is 12.6.